The zero-order valence-electron chi connectivity index (χ0n) is 14.3. The van der Waals surface area contributed by atoms with Gasteiger partial charge in [0.25, 0.3) is 5.91 Å². The van der Waals surface area contributed by atoms with Crippen molar-refractivity contribution >= 4 is 28.3 Å². The largest absolute Gasteiger partial charge is 0.347 e. The van der Waals surface area contributed by atoms with Crippen LogP contribution in [-0.4, -0.2) is 25.8 Å². The van der Waals surface area contributed by atoms with E-state index in [1.54, 1.807) is 24.7 Å². The number of nitrogens with zero attached hydrogens (tertiary/aromatic N) is 4. The van der Waals surface area contributed by atoms with Crippen LogP contribution in [0.25, 0.3) is 10.9 Å². The van der Waals surface area contributed by atoms with Gasteiger partial charge in [-0.15, -0.1) is 0 Å². The van der Waals surface area contributed by atoms with Gasteiger partial charge in [0.1, 0.15) is 17.8 Å². The molecule has 1 amide bonds. The van der Waals surface area contributed by atoms with Gasteiger partial charge < -0.3 is 10.6 Å². The molecule has 0 bridgehead atoms. The van der Waals surface area contributed by atoms with Crippen LogP contribution < -0.4 is 10.6 Å². The average Bonchev–Trinajstić information content (AvgIpc) is 2.73. The fourth-order valence-corrected chi connectivity index (χ4v) is 2.67. The molecule has 0 fully saturated rings. The van der Waals surface area contributed by atoms with E-state index in [2.05, 4.69) is 30.6 Å². The first-order valence-electron chi connectivity index (χ1n) is 8.39. The summed E-state index contributed by atoms with van der Waals surface area (Å²) in [5, 5.41) is 7.07. The molecule has 0 aliphatic rings. The molecule has 27 heavy (non-hydrogen) atoms. The summed E-state index contributed by atoms with van der Waals surface area (Å²) >= 11 is 0. The van der Waals surface area contributed by atoms with Gasteiger partial charge in [-0.25, -0.2) is 9.97 Å². The van der Waals surface area contributed by atoms with E-state index in [0.29, 0.717) is 12.4 Å². The molecular formula is C20H16N6O. The third-order valence-corrected chi connectivity index (χ3v) is 4.00. The second-order valence-electron chi connectivity index (χ2n) is 5.83. The number of aromatic nitrogens is 4. The smallest absolute Gasteiger partial charge is 0.270 e. The van der Waals surface area contributed by atoms with Gasteiger partial charge in [0, 0.05) is 36.6 Å². The van der Waals surface area contributed by atoms with Crippen molar-refractivity contribution < 1.29 is 4.79 Å². The van der Waals surface area contributed by atoms with Crippen molar-refractivity contribution in [2.24, 2.45) is 0 Å². The Balaban J connectivity index is 1.51. The first kappa shape index (κ1) is 16.6. The van der Waals surface area contributed by atoms with E-state index in [4.69, 9.17) is 0 Å². The molecule has 0 aliphatic heterocycles. The number of carbonyl (C=O) groups is 1. The van der Waals surface area contributed by atoms with Crippen molar-refractivity contribution in [3.8, 4) is 0 Å². The Morgan fingerprint density at radius 2 is 1.78 bits per heavy atom. The summed E-state index contributed by atoms with van der Waals surface area (Å²) in [6, 6.07) is 15.0. The van der Waals surface area contributed by atoms with Gasteiger partial charge in [-0.2, -0.15) is 0 Å². The van der Waals surface area contributed by atoms with E-state index < -0.39 is 0 Å². The number of pyridine rings is 2. The van der Waals surface area contributed by atoms with Crippen LogP contribution in [0.5, 0.6) is 0 Å². The maximum Gasteiger partial charge on any atom is 0.270 e. The molecule has 4 rings (SSSR count). The quantitative estimate of drug-likeness (QED) is 0.571. The Bertz CT molecular complexity index is 1080. The van der Waals surface area contributed by atoms with E-state index in [9.17, 15) is 4.79 Å². The summed E-state index contributed by atoms with van der Waals surface area (Å²) in [4.78, 5) is 29.0. The van der Waals surface area contributed by atoms with Gasteiger partial charge in [-0.1, -0.05) is 18.2 Å². The molecule has 3 heterocycles. The van der Waals surface area contributed by atoms with E-state index in [1.165, 1.54) is 6.33 Å². The van der Waals surface area contributed by atoms with Gasteiger partial charge in [-0.3, -0.25) is 14.8 Å². The molecule has 0 spiro atoms. The molecule has 0 radical (unpaired) electrons. The summed E-state index contributed by atoms with van der Waals surface area (Å²) in [6.45, 7) is 0.404. The predicted octanol–water partition coefficient (Wildman–Crippen LogP) is 3.09. The Labute approximate surface area is 155 Å². The molecule has 4 aromatic rings. The lowest BCUT2D eigenvalue weighted by molar-refractivity contribution is 0.0946. The standard InChI is InChI=1S/C20H16N6O/c27-20(23-12-14-6-9-21-10-7-14)17-11-18(25-13-24-17)26-16-5-1-3-15-4-2-8-22-19(15)16/h1-11,13H,12H2,(H,23,27)(H,24,25,26). The topological polar surface area (TPSA) is 92.7 Å². The second kappa shape index (κ2) is 7.57. The zero-order chi connectivity index (χ0) is 18.5. The van der Waals surface area contributed by atoms with Crippen LogP contribution in [0.2, 0.25) is 0 Å². The molecule has 0 atom stereocenters. The first-order valence-corrected chi connectivity index (χ1v) is 8.39. The molecule has 2 N–H and O–H groups in total. The summed E-state index contributed by atoms with van der Waals surface area (Å²) in [5.74, 6) is 0.255. The molecule has 0 saturated heterocycles. The molecule has 7 heteroatoms. The van der Waals surface area contributed by atoms with E-state index >= 15 is 0 Å². The fourth-order valence-electron chi connectivity index (χ4n) is 2.67. The summed E-state index contributed by atoms with van der Waals surface area (Å²) in [6.07, 6.45) is 6.48. The molecule has 1 aromatic carbocycles. The Morgan fingerprint density at radius 1 is 0.926 bits per heavy atom. The Kier molecular flexibility index (Phi) is 4.65. The van der Waals surface area contributed by atoms with Gasteiger partial charge >= 0.3 is 0 Å². The number of amides is 1. The number of para-hydroxylation sites is 1. The van der Waals surface area contributed by atoms with Crippen molar-refractivity contribution in [1.29, 1.82) is 0 Å². The Morgan fingerprint density at radius 3 is 2.67 bits per heavy atom. The number of nitrogens with one attached hydrogen (secondary N) is 2. The summed E-state index contributed by atoms with van der Waals surface area (Å²) < 4.78 is 0. The molecule has 7 nitrogen and oxygen atoms in total. The third-order valence-electron chi connectivity index (χ3n) is 4.00. The lowest BCUT2D eigenvalue weighted by Crippen LogP contribution is -2.24. The number of hydrogen-bond acceptors (Lipinski definition) is 6. The first-order chi connectivity index (χ1) is 13.3. The van der Waals surface area contributed by atoms with Crippen molar-refractivity contribution in [1.82, 2.24) is 25.3 Å². The lowest BCUT2D eigenvalue weighted by Gasteiger charge is -2.09. The zero-order valence-corrected chi connectivity index (χ0v) is 14.3. The highest BCUT2D eigenvalue weighted by molar-refractivity contribution is 5.94. The van der Waals surface area contributed by atoms with Gasteiger partial charge in [0.05, 0.1) is 11.2 Å². The number of rotatable bonds is 5. The van der Waals surface area contributed by atoms with Crippen molar-refractivity contribution in [3.05, 3.63) is 84.7 Å². The number of fused-ring (bicyclic) bond motifs is 1. The maximum absolute atomic E-state index is 12.4. The van der Waals surface area contributed by atoms with Gasteiger partial charge in [-0.05, 0) is 29.8 Å². The van der Waals surface area contributed by atoms with E-state index in [0.717, 1.165) is 22.2 Å². The molecule has 0 saturated carbocycles. The van der Waals surface area contributed by atoms with Crippen molar-refractivity contribution in [2.45, 2.75) is 6.54 Å². The van der Waals surface area contributed by atoms with Gasteiger partial charge in [0.15, 0.2) is 0 Å². The van der Waals surface area contributed by atoms with Crippen LogP contribution in [0.3, 0.4) is 0 Å². The number of carbonyl (C=O) groups excluding carboxylic acids is 1. The van der Waals surface area contributed by atoms with E-state index in [-0.39, 0.29) is 11.6 Å². The third kappa shape index (κ3) is 3.87. The SMILES string of the molecule is O=C(NCc1ccncc1)c1cc(Nc2cccc3cccnc23)ncn1. The monoisotopic (exact) mass is 356 g/mol. The lowest BCUT2D eigenvalue weighted by atomic mass is 10.2. The minimum absolute atomic E-state index is 0.270. The fraction of sp³-hybridized carbons (Fsp3) is 0.0500. The van der Waals surface area contributed by atoms with Crippen LogP contribution in [0.1, 0.15) is 16.1 Å². The number of benzene rings is 1. The Hall–Kier alpha value is -3.87. The summed E-state index contributed by atoms with van der Waals surface area (Å²) in [7, 11) is 0. The highest BCUT2D eigenvalue weighted by Gasteiger charge is 2.10. The average molecular weight is 356 g/mol. The van der Waals surface area contributed by atoms with Crippen LogP contribution in [0.4, 0.5) is 11.5 Å². The highest BCUT2D eigenvalue weighted by atomic mass is 16.1. The van der Waals surface area contributed by atoms with Crippen LogP contribution in [0.15, 0.2) is 73.4 Å². The van der Waals surface area contributed by atoms with Crippen LogP contribution in [0, 0.1) is 0 Å². The number of hydrogen-bond donors (Lipinski definition) is 2. The molecule has 3 aromatic heterocycles. The number of anilines is 2. The summed E-state index contributed by atoms with van der Waals surface area (Å²) in [5.41, 5.74) is 2.90. The molecule has 0 aliphatic carbocycles. The normalized spacial score (nSPS) is 10.5. The van der Waals surface area contributed by atoms with Crippen LogP contribution >= 0.6 is 0 Å². The minimum Gasteiger partial charge on any atom is -0.347 e. The van der Waals surface area contributed by atoms with Gasteiger partial charge in [0.2, 0.25) is 0 Å². The van der Waals surface area contributed by atoms with Crippen molar-refractivity contribution in [2.75, 3.05) is 5.32 Å². The van der Waals surface area contributed by atoms with E-state index in [1.807, 2.05) is 42.5 Å². The highest BCUT2D eigenvalue weighted by Crippen LogP contribution is 2.23. The maximum atomic E-state index is 12.4. The second-order valence-corrected chi connectivity index (χ2v) is 5.83. The predicted molar refractivity (Wildman–Crippen MR) is 102 cm³/mol. The molecular weight excluding hydrogens is 340 g/mol. The molecule has 0 unspecified atom stereocenters. The minimum atomic E-state index is -0.270. The molecule has 132 valence electrons. The van der Waals surface area contributed by atoms with Crippen molar-refractivity contribution in [3.63, 3.8) is 0 Å². The van der Waals surface area contributed by atoms with Crippen LogP contribution in [-0.2, 0) is 6.54 Å².